The molecular formula is C22H28N2O5. The lowest BCUT2D eigenvalue weighted by Gasteiger charge is -2.34. The molecule has 1 aromatic carbocycles. The maximum absolute atomic E-state index is 13.9. The summed E-state index contributed by atoms with van der Waals surface area (Å²) in [7, 11) is 1.57. The van der Waals surface area contributed by atoms with Crippen molar-refractivity contribution < 1.29 is 23.9 Å². The minimum atomic E-state index is -0.612. The fourth-order valence-corrected chi connectivity index (χ4v) is 5.27. The Hall–Kier alpha value is -2.25. The van der Waals surface area contributed by atoms with Crippen molar-refractivity contribution in [1.29, 1.82) is 0 Å². The van der Waals surface area contributed by atoms with Crippen molar-refractivity contribution in [2.75, 3.05) is 20.3 Å². The SMILES string of the molecule is CO[C@@H]1CN(C(=O)[C@H](c2ccccc2C(N)=O)C2CCCCC2)[C@@H]2C(=O)CO[C@@H]21. The molecule has 2 aliphatic heterocycles. The number of carbonyl (C=O) groups is 3. The molecule has 0 radical (unpaired) electrons. The highest BCUT2D eigenvalue weighted by molar-refractivity contribution is 5.99. The quantitative estimate of drug-likeness (QED) is 0.810. The van der Waals surface area contributed by atoms with Gasteiger partial charge >= 0.3 is 0 Å². The zero-order valence-corrected chi connectivity index (χ0v) is 16.7. The number of ether oxygens (including phenoxy) is 2. The van der Waals surface area contributed by atoms with Crippen molar-refractivity contribution in [2.45, 2.75) is 56.3 Å². The molecule has 1 saturated carbocycles. The molecule has 2 heterocycles. The second-order valence-electron chi connectivity index (χ2n) is 8.28. The predicted octanol–water partition coefficient (Wildman–Crippen LogP) is 1.64. The first-order chi connectivity index (χ1) is 14.0. The van der Waals surface area contributed by atoms with E-state index in [9.17, 15) is 14.4 Å². The number of benzene rings is 1. The van der Waals surface area contributed by atoms with Gasteiger partial charge in [-0.15, -0.1) is 0 Å². The van der Waals surface area contributed by atoms with Crippen molar-refractivity contribution in [2.24, 2.45) is 11.7 Å². The number of primary amides is 1. The van der Waals surface area contributed by atoms with Gasteiger partial charge in [0.1, 0.15) is 24.9 Å². The second-order valence-corrected chi connectivity index (χ2v) is 8.28. The number of rotatable bonds is 5. The summed E-state index contributed by atoms with van der Waals surface area (Å²) in [5.74, 6) is -1.13. The van der Waals surface area contributed by atoms with Crippen LogP contribution in [-0.4, -0.2) is 61.0 Å². The first kappa shape index (κ1) is 20.0. The maximum atomic E-state index is 13.9. The Balaban J connectivity index is 1.73. The molecular weight excluding hydrogens is 372 g/mol. The Morgan fingerprint density at radius 3 is 2.62 bits per heavy atom. The minimum Gasteiger partial charge on any atom is -0.377 e. The normalized spacial score (nSPS) is 28.4. The molecule has 156 valence electrons. The van der Waals surface area contributed by atoms with Gasteiger partial charge in [0.15, 0.2) is 5.78 Å². The minimum absolute atomic E-state index is 0.00490. The van der Waals surface area contributed by atoms with Crippen LogP contribution >= 0.6 is 0 Å². The van der Waals surface area contributed by atoms with Gasteiger partial charge in [0.2, 0.25) is 11.8 Å². The molecule has 7 heteroatoms. The lowest BCUT2D eigenvalue weighted by Crippen LogP contribution is -2.46. The number of hydrogen-bond donors (Lipinski definition) is 1. The molecule has 29 heavy (non-hydrogen) atoms. The molecule has 3 fully saturated rings. The fourth-order valence-electron chi connectivity index (χ4n) is 5.27. The molecule has 4 rings (SSSR count). The second kappa shape index (κ2) is 8.24. The van der Waals surface area contributed by atoms with Crippen molar-refractivity contribution in [3.05, 3.63) is 35.4 Å². The van der Waals surface area contributed by atoms with E-state index in [0.717, 1.165) is 32.1 Å². The summed E-state index contributed by atoms with van der Waals surface area (Å²) in [6.07, 6.45) is 4.36. The number of nitrogens with two attached hydrogens (primary N) is 1. The number of fused-ring (bicyclic) bond motifs is 1. The van der Waals surface area contributed by atoms with E-state index in [1.165, 1.54) is 0 Å². The topological polar surface area (TPSA) is 98.9 Å². The summed E-state index contributed by atoms with van der Waals surface area (Å²) < 4.78 is 11.1. The molecule has 1 aromatic rings. The van der Waals surface area contributed by atoms with Crippen molar-refractivity contribution in [3.8, 4) is 0 Å². The van der Waals surface area contributed by atoms with Gasteiger partial charge in [-0.3, -0.25) is 14.4 Å². The molecule has 0 unspecified atom stereocenters. The summed E-state index contributed by atoms with van der Waals surface area (Å²) in [6.45, 7) is 0.323. The molecule has 0 spiro atoms. The third-order valence-electron chi connectivity index (χ3n) is 6.67. The van der Waals surface area contributed by atoms with E-state index in [2.05, 4.69) is 0 Å². The monoisotopic (exact) mass is 400 g/mol. The highest BCUT2D eigenvalue weighted by atomic mass is 16.5. The van der Waals surface area contributed by atoms with E-state index < -0.39 is 24.0 Å². The summed E-state index contributed by atoms with van der Waals surface area (Å²) in [4.78, 5) is 40.1. The van der Waals surface area contributed by atoms with Crippen LogP contribution in [0.4, 0.5) is 0 Å². The Labute approximate surface area is 170 Å². The Morgan fingerprint density at radius 1 is 1.21 bits per heavy atom. The highest BCUT2D eigenvalue weighted by Crippen LogP contribution is 2.41. The smallest absolute Gasteiger partial charge is 0.249 e. The number of methoxy groups -OCH3 is 1. The van der Waals surface area contributed by atoms with Gasteiger partial charge in [-0.25, -0.2) is 0 Å². The van der Waals surface area contributed by atoms with E-state index in [4.69, 9.17) is 15.2 Å². The van der Waals surface area contributed by atoms with E-state index in [1.54, 1.807) is 24.1 Å². The molecule has 3 aliphatic rings. The number of amides is 2. The van der Waals surface area contributed by atoms with Crippen LogP contribution in [0.2, 0.25) is 0 Å². The molecule has 0 bridgehead atoms. The zero-order chi connectivity index (χ0) is 20.5. The van der Waals surface area contributed by atoms with Crippen LogP contribution in [0.25, 0.3) is 0 Å². The van der Waals surface area contributed by atoms with Gasteiger partial charge in [0, 0.05) is 12.7 Å². The fraction of sp³-hybridized carbons (Fsp3) is 0.591. The van der Waals surface area contributed by atoms with Crippen molar-refractivity contribution >= 4 is 17.6 Å². The lowest BCUT2D eigenvalue weighted by atomic mass is 9.74. The van der Waals surface area contributed by atoms with Crippen LogP contribution < -0.4 is 5.73 Å². The van der Waals surface area contributed by atoms with E-state index >= 15 is 0 Å². The summed E-state index contributed by atoms with van der Waals surface area (Å²) in [5.41, 5.74) is 6.68. The Morgan fingerprint density at radius 2 is 1.93 bits per heavy atom. The molecule has 1 aliphatic carbocycles. The average Bonchev–Trinajstić information content (AvgIpc) is 3.30. The number of hydrogen-bond acceptors (Lipinski definition) is 5. The zero-order valence-electron chi connectivity index (χ0n) is 16.7. The van der Waals surface area contributed by atoms with Gasteiger partial charge in [-0.1, -0.05) is 37.5 Å². The van der Waals surface area contributed by atoms with Crippen LogP contribution in [0.3, 0.4) is 0 Å². The number of nitrogens with zero attached hydrogens (tertiary/aromatic N) is 1. The maximum Gasteiger partial charge on any atom is 0.249 e. The van der Waals surface area contributed by atoms with E-state index in [-0.39, 0.29) is 30.3 Å². The largest absolute Gasteiger partial charge is 0.377 e. The molecule has 2 N–H and O–H groups in total. The van der Waals surface area contributed by atoms with E-state index in [0.29, 0.717) is 17.7 Å². The molecule has 2 amide bonds. The first-order valence-electron chi connectivity index (χ1n) is 10.4. The Bertz CT molecular complexity index is 804. The van der Waals surface area contributed by atoms with E-state index in [1.807, 2.05) is 12.1 Å². The van der Waals surface area contributed by atoms with Crippen molar-refractivity contribution in [3.63, 3.8) is 0 Å². The standard InChI is InChI=1S/C22H28N2O5/c1-28-17-11-24(19-16(25)12-29-20(17)19)22(27)18(13-7-3-2-4-8-13)14-9-5-6-10-15(14)21(23)26/h5-6,9-10,13,17-20H,2-4,7-8,11-12H2,1H3,(H2,23,26)/t17-,18+,19-,20-/m1/s1. The molecule has 0 aromatic heterocycles. The highest BCUT2D eigenvalue weighted by Gasteiger charge is 2.54. The lowest BCUT2D eigenvalue weighted by molar-refractivity contribution is -0.139. The summed E-state index contributed by atoms with van der Waals surface area (Å²) in [5, 5.41) is 0. The third kappa shape index (κ3) is 3.57. The van der Waals surface area contributed by atoms with Crippen LogP contribution in [-0.2, 0) is 19.1 Å². The predicted molar refractivity (Wildman–Crippen MR) is 105 cm³/mol. The summed E-state index contributed by atoms with van der Waals surface area (Å²) >= 11 is 0. The first-order valence-corrected chi connectivity index (χ1v) is 10.4. The van der Waals surface area contributed by atoms with Gasteiger partial charge in [-0.05, 0) is 30.4 Å². The third-order valence-corrected chi connectivity index (χ3v) is 6.67. The number of likely N-dealkylation sites (tertiary alicyclic amines) is 1. The van der Waals surface area contributed by atoms with Gasteiger partial charge in [-0.2, -0.15) is 0 Å². The average molecular weight is 400 g/mol. The van der Waals surface area contributed by atoms with Crippen LogP contribution in [0.1, 0.15) is 53.9 Å². The number of Topliss-reactive ketones (excluding diaryl/α,β-unsaturated/α-hetero) is 1. The molecule has 7 nitrogen and oxygen atoms in total. The molecule has 4 atom stereocenters. The van der Waals surface area contributed by atoms with Crippen molar-refractivity contribution in [1.82, 2.24) is 4.90 Å². The van der Waals surface area contributed by atoms with Crippen LogP contribution in [0, 0.1) is 5.92 Å². The number of ketones is 1. The van der Waals surface area contributed by atoms with Gasteiger partial charge in [0.25, 0.3) is 0 Å². The van der Waals surface area contributed by atoms with Crippen LogP contribution in [0.5, 0.6) is 0 Å². The van der Waals surface area contributed by atoms with Gasteiger partial charge < -0.3 is 20.1 Å². The van der Waals surface area contributed by atoms with Gasteiger partial charge in [0.05, 0.1) is 12.5 Å². The summed E-state index contributed by atoms with van der Waals surface area (Å²) in [6, 6.07) is 6.48. The number of carbonyl (C=O) groups excluding carboxylic acids is 3. The molecule has 2 saturated heterocycles. The Kier molecular flexibility index (Phi) is 5.69. The van der Waals surface area contributed by atoms with Crippen LogP contribution in [0.15, 0.2) is 24.3 Å².